The molecule has 4 aromatic rings. The lowest BCUT2D eigenvalue weighted by atomic mass is 10.0. The van der Waals surface area contributed by atoms with E-state index in [-0.39, 0.29) is 29.0 Å². The Morgan fingerprint density at radius 2 is 1.80 bits per heavy atom. The first-order valence-corrected chi connectivity index (χ1v) is 11.8. The maximum absolute atomic E-state index is 13.5. The van der Waals surface area contributed by atoms with Crippen LogP contribution < -0.4 is 22.3 Å². The third-order valence-electron chi connectivity index (χ3n) is 6.80. The minimum Gasteiger partial charge on any atom is -0.380 e. The van der Waals surface area contributed by atoms with Gasteiger partial charge >= 0.3 is 5.69 Å². The van der Waals surface area contributed by atoms with Gasteiger partial charge < -0.3 is 11.1 Å². The summed E-state index contributed by atoms with van der Waals surface area (Å²) in [6.07, 6.45) is 3.73. The van der Waals surface area contributed by atoms with E-state index >= 15 is 0 Å². The molecule has 180 valence electrons. The number of benzene rings is 2. The molecule has 1 aliphatic carbocycles. The van der Waals surface area contributed by atoms with Crippen molar-refractivity contribution in [3.8, 4) is 5.69 Å². The molecule has 0 saturated heterocycles. The van der Waals surface area contributed by atoms with Gasteiger partial charge in [-0.15, -0.1) is 0 Å². The summed E-state index contributed by atoms with van der Waals surface area (Å²) >= 11 is 0. The van der Waals surface area contributed by atoms with E-state index in [2.05, 4.69) is 15.5 Å². The van der Waals surface area contributed by atoms with Crippen molar-refractivity contribution >= 4 is 22.8 Å². The van der Waals surface area contributed by atoms with E-state index in [1.54, 1.807) is 16.7 Å². The number of aromatic nitrogens is 4. The Bertz CT molecular complexity index is 1540. The SMILES string of the molecule is Cc1ccc(C)c(C(=O)NCc2ccc(-n3c(=O)n(C4CCCC4)c4c(=O)[nH]nc(N)c43)cc2)c1. The number of carbonyl (C=O) groups excluding carboxylic acids is 1. The Balaban J connectivity index is 1.47. The summed E-state index contributed by atoms with van der Waals surface area (Å²) in [4.78, 5) is 38.9. The number of hydrogen-bond acceptors (Lipinski definition) is 5. The molecule has 0 unspecified atom stereocenters. The van der Waals surface area contributed by atoms with Crippen LogP contribution in [0.1, 0.15) is 58.8 Å². The molecule has 2 heterocycles. The first kappa shape index (κ1) is 22.6. The van der Waals surface area contributed by atoms with Crippen molar-refractivity contribution in [1.82, 2.24) is 24.6 Å². The monoisotopic (exact) mass is 472 g/mol. The van der Waals surface area contributed by atoms with Gasteiger partial charge in [-0.25, -0.2) is 9.89 Å². The highest BCUT2D eigenvalue weighted by Gasteiger charge is 2.27. The zero-order valence-electron chi connectivity index (χ0n) is 19.8. The Morgan fingerprint density at radius 1 is 1.09 bits per heavy atom. The number of anilines is 1. The zero-order chi connectivity index (χ0) is 24.7. The average molecular weight is 473 g/mol. The van der Waals surface area contributed by atoms with Gasteiger partial charge in [0.1, 0.15) is 11.0 Å². The summed E-state index contributed by atoms with van der Waals surface area (Å²) in [6.45, 7) is 4.21. The van der Waals surface area contributed by atoms with Gasteiger partial charge in [0.05, 0.1) is 5.69 Å². The Hall–Kier alpha value is -4.14. The van der Waals surface area contributed by atoms with Crippen LogP contribution in [0.15, 0.2) is 52.1 Å². The predicted molar refractivity (Wildman–Crippen MR) is 135 cm³/mol. The number of hydrogen-bond donors (Lipinski definition) is 3. The van der Waals surface area contributed by atoms with E-state index in [9.17, 15) is 14.4 Å². The number of aryl methyl sites for hydroxylation is 2. The number of aromatic amines is 1. The second-order valence-corrected chi connectivity index (χ2v) is 9.23. The molecule has 0 atom stereocenters. The number of imidazole rings is 1. The highest BCUT2D eigenvalue weighted by molar-refractivity contribution is 5.95. The highest BCUT2D eigenvalue weighted by Crippen LogP contribution is 2.31. The van der Waals surface area contributed by atoms with Crippen LogP contribution in [0.3, 0.4) is 0 Å². The molecule has 5 rings (SSSR count). The number of H-pyrrole nitrogens is 1. The average Bonchev–Trinajstić information content (AvgIpc) is 3.48. The minimum atomic E-state index is -0.428. The molecular formula is C26H28N6O3. The first-order valence-electron chi connectivity index (χ1n) is 11.8. The molecule has 0 bridgehead atoms. The lowest BCUT2D eigenvalue weighted by molar-refractivity contribution is 0.0950. The van der Waals surface area contributed by atoms with Gasteiger partial charge in [0.15, 0.2) is 5.82 Å². The van der Waals surface area contributed by atoms with Crippen LogP contribution in [0.5, 0.6) is 0 Å². The molecule has 35 heavy (non-hydrogen) atoms. The molecule has 0 radical (unpaired) electrons. The number of nitrogens with two attached hydrogens (primary N) is 1. The summed E-state index contributed by atoms with van der Waals surface area (Å²) in [5, 5.41) is 9.27. The van der Waals surface area contributed by atoms with Gasteiger partial charge in [-0.2, -0.15) is 5.10 Å². The fraction of sp³-hybridized carbons (Fsp3) is 0.308. The van der Waals surface area contributed by atoms with E-state index in [0.717, 1.165) is 42.4 Å². The fourth-order valence-corrected chi connectivity index (χ4v) is 4.95. The maximum Gasteiger partial charge on any atom is 0.334 e. The van der Waals surface area contributed by atoms with Crippen LogP contribution in [-0.4, -0.2) is 25.2 Å². The highest BCUT2D eigenvalue weighted by atomic mass is 16.2. The van der Waals surface area contributed by atoms with Crippen molar-refractivity contribution < 1.29 is 4.79 Å². The van der Waals surface area contributed by atoms with Gasteiger partial charge in [-0.1, -0.05) is 42.7 Å². The van der Waals surface area contributed by atoms with Crippen LogP contribution in [0.4, 0.5) is 5.82 Å². The molecule has 1 amide bonds. The Labute approximate surface area is 201 Å². The van der Waals surface area contributed by atoms with Crippen molar-refractivity contribution in [2.75, 3.05) is 5.73 Å². The van der Waals surface area contributed by atoms with Crippen molar-refractivity contribution in [2.45, 2.75) is 52.1 Å². The van der Waals surface area contributed by atoms with Gasteiger partial charge in [0, 0.05) is 18.2 Å². The van der Waals surface area contributed by atoms with Crippen LogP contribution >= 0.6 is 0 Å². The summed E-state index contributed by atoms with van der Waals surface area (Å²) in [5.74, 6) is -0.0393. The molecule has 9 heteroatoms. The molecule has 2 aromatic heterocycles. The lowest BCUT2D eigenvalue weighted by Gasteiger charge is -2.10. The molecule has 0 aliphatic heterocycles. The smallest absolute Gasteiger partial charge is 0.334 e. The first-order chi connectivity index (χ1) is 16.8. The number of carbonyl (C=O) groups is 1. The third kappa shape index (κ3) is 4.03. The summed E-state index contributed by atoms with van der Waals surface area (Å²) in [6, 6.07) is 13.0. The van der Waals surface area contributed by atoms with E-state index in [1.807, 2.05) is 44.2 Å². The van der Waals surface area contributed by atoms with Gasteiger partial charge in [0.25, 0.3) is 11.5 Å². The normalized spacial score (nSPS) is 14.0. The van der Waals surface area contributed by atoms with Gasteiger partial charge in [0.2, 0.25) is 0 Å². The van der Waals surface area contributed by atoms with Crippen LogP contribution in [0.2, 0.25) is 0 Å². The number of amides is 1. The van der Waals surface area contributed by atoms with Crippen LogP contribution in [0.25, 0.3) is 16.7 Å². The molecule has 4 N–H and O–H groups in total. The Kier molecular flexibility index (Phi) is 5.76. The number of rotatable bonds is 5. The van der Waals surface area contributed by atoms with Crippen molar-refractivity contribution in [3.05, 3.63) is 85.6 Å². The third-order valence-corrected chi connectivity index (χ3v) is 6.80. The van der Waals surface area contributed by atoms with Crippen molar-refractivity contribution in [1.29, 1.82) is 0 Å². The van der Waals surface area contributed by atoms with Crippen LogP contribution in [0, 0.1) is 13.8 Å². The van der Waals surface area contributed by atoms with Gasteiger partial charge in [-0.3, -0.25) is 18.7 Å². The number of nitrogens with one attached hydrogen (secondary N) is 2. The minimum absolute atomic E-state index is 0.0336. The lowest BCUT2D eigenvalue weighted by Crippen LogP contribution is -2.27. The Morgan fingerprint density at radius 3 is 2.51 bits per heavy atom. The molecule has 1 fully saturated rings. The standard InChI is InChI=1S/C26H28N6O3/c1-15-7-8-16(2)20(13-15)24(33)28-14-17-9-11-19(12-10-17)31-21-22(25(34)30-29-23(21)27)32(26(31)35)18-5-3-4-6-18/h7-13,18H,3-6,14H2,1-2H3,(H2,27,29)(H,28,33)(H,30,34). The quantitative estimate of drug-likeness (QED) is 0.411. The summed E-state index contributed by atoms with van der Waals surface area (Å²) in [5.41, 5.74) is 10.1. The molecular weight excluding hydrogens is 444 g/mol. The molecule has 0 spiro atoms. The second-order valence-electron chi connectivity index (χ2n) is 9.23. The maximum atomic E-state index is 13.5. The molecule has 1 aliphatic rings. The molecule has 9 nitrogen and oxygen atoms in total. The second kappa shape index (κ2) is 8.90. The van der Waals surface area contributed by atoms with E-state index in [0.29, 0.717) is 23.3 Å². The zero-order valence-corrected chi connectivity index (χ0v) is 19.8. The van der Waals surface area contributed by atoms with Crippen molar-refractivity contribution in [3.63, 3.8) is 0 Å². The van der Waals surface area contributed by atoms with Gasteiger partial charge in [-0.05, 0) is 56.0 Å². The number of fused-ring (bicyclic) bond motifs is 1. The van der Waals surface area contributed by atoms with E-state index < -0.39 is 5.56 Å². The summed E-state index contributed by atoms with van der Waals surface area (Å²) in [7, 11) is 0. The number of nitrogens with zero attached hydrogens (tertiary/aromatic N) is 3. The van der Waals surface area contributed by atoms with E-state index in [4.69, 9.17) is 5.73 Å². The number of nitrogen functional groups attached to an aromatic ring is 1. The molecule has 2 aromatic carbocycles. The largest absolute Gasteiger partial charge is 0.380 e. The molecule has 1 saturated carbocycles. The van der Waals surface area contributed by atoms with E-state index in [1.165, 1.54) is 4.57 Å². The fourth-order valence-electron chi connectivity index (χ4n) is 4.95. The summed E-state index contributed by atoms with van der Waals surface area (Å²) < 4.78 is 3.04. The topological polar surface area (TPSA) is 128 Å². The van der Waals surface area contributed by atoms with Crippen LogP contribution in [-0.2, 0) is 6.54 Å². The predicted octanol–water partition coefficient (Wildman–Crippen LogP) is 3.12. The van der Waals surface area contributed by atoms with Crippen molar-refractivity contribution in [2.24, 2.45) is 0 Å².